The lowest BCUT2D eigenvalue weighted by atomic mass is 10.1. The quantitative estimate of drug-likeness (QED) is 0.928. The van der Waals surface area contributed by atoms with E-state index in [-0.39, 0.29) is 5.91 Å². The average Bonchev–Trinajstić information content (AvgIpc) is 2.47. The molecule has 0 saturated carbocycles. The van der Waals surface area contributed by atoms with Crippen molar-refractivity contribution in [1.82, 2.24) is 9.88 Å². The zero-order chi connectivity index (χ0) is 14.5. The van der Waals surface area contributed by atoms with Gasteiger partial charge in [-0.2, -0.15) is 0 Å². The number of benzene rings is 1. The van der Waals surface area contributed by atoms with Crippen LogP contribution in [0, 0.1) is 6.92 Å². The smallest absolute Gasteiger partial charge is 0.256 e. The first-order valence-corrected chi connectivity index (χ1v) is 6.55. The van der Waals surface area contributed by atoms with Crippen LogP contribution < -0.4 is 5.32 Å². The number of aromatic nitrogens is 1. The highest BCUT2D eigenvalue weighted by molar-refractivity contribution is 5.99. The van der Waals surface area contributed by atoms with Crippen LogP contribution in [0.2, 0.25) is 0 Å². The van der Waals surface area contributed by atoms with E-state index in [4.69, 9.17) is 0 Å². The van der Waals surface area contributed by atoms with Crippen molar-refractivity contribution in [3.05, 3.63) is 59.4 Å². The Bertz CT molecular complexity index is 596. The molecule has 1 amide bonds. The van der Waals surface area contributed by atoms with E-state index in [1.165, 1.54) is 0 Å². The SMILES string of the molecule is CNc1cc(C)ccc1C(=O)N(C)Cc1ccccn1. The molecular weight excluding hydrogens is 250 g/mol. The van der Waals surface area contributed by atoms with Gasteiger partial charge in [0.05, 0.1) is 17.8 Å². The molecule has 0 aliphatic heterocycles. The van der Waals surface area contributed by atoms with Crippen molar-refractivity contribution in [3.63, 3.8) is 0 Å². The summed E-state index contributed by atoms with van der Waals surface area (Å²) in [6.07, 6.45) is 1.73. The van der Waals surface area contributed by atoms with Gasteiger partial charge in [0.25, 0.3) is 5.91 Å². The Kier molecular flexibility index (Phi) is 4.35. The number of rotatable bonds is 4. The summed E-state index contributed by atoms with van der Waals surface area (Å²) in [6, 6.07) is 11.5. The van der Waals surface area contributed by atoms with Crippen LogP contribution in [0.3, 0.4) is 0 Å². The van der Waals surface area contributed by atoms with Crippen LogP contribution in [0.1, 0.15) is 21.6 Å². The molecule has 0 aliphatic carbocycles. The molecule has 0 radical (unpaired) electrons. The van der Waals surface area contributed by atoms with E-state index in [1.54, 1.807) is 18.1 Å². The molecule has 0 unspecified atom stereocenters. The molecule has 2 aromatic rings. The third-order valence-electron chi connectivity index (χ3n) is 3.15. The molecule has 0 atom stereocenters. The van der Waals surface area contributed by atoms with Crippen LogP contribution in [0.25, 0.3) is 0 Å². The minimum Gasteiger partial charge on any atom is -0.387 e. The number of hydrogen-bond donors (Lipinski definition) is 1. The van der Waals surface area contributed by atoms with E-state index in [0.29, 0.717) is 12.1 Å². The molecule has 4 nitrogen and oxygen atoms in total. The van der Waals surface area contributed by atoms with E-state index in [0.717, 1.165) is 16.9 Å². The number of pyridine rings is 1. The summed E-state index contributed by atoms with van der Waals surface area (Å²) >= 11 is 0. The molecule has 2 rings (SSSR count). The van der Waals surface area contributed by atoms with E-state index in [9.17, 15) is 4.79 Å². The van der Waals surface area contributed by atoms with Gasteiger partial charge in [-0.3, -0.25) is 9.78 Å². The van der Waals surface area contributed by atoms with Crippen LogP contribution >= 0.6 is 0 Å². The first-order valence-electron chi connectivity index (χ1n) is 6.55. The summed E-state index contributed by atoms with van der Waals surface area (Å²) in [5.74, 6) is -0.0139. The number of carbonyl (C=O) groups excluding carboxylic acids is 1. The summed E-state index contributed by atoms with van der Waals surface area (Å²) in [5, 5.41) is 3.07. The molecule has 1 aromatic carbocycles. The van der Waals surface area contributed by atoms with Gasteiger partial charge in [-0.15, -0.1) is 0 Å². The number of amides is 1. The number of nitrogens with zero attached hydrogens (tertiary/aromatic N) is 2. The number of aryl methyl sites for hydroxylation is 1. The minimum atomic E-state index is -0.0139. The molecule has 0 aliphatic rings. The van der Waals surface area contributed by atoms with Crippen LogP contribution in [0.4, 0.5) is 5.69 Å². The molecule has 20 heavy (non-hydrogen) atoms. The largest absolute Gasteiger partial charge is 0.387 e. The van der Waals surface area contributed by atoms with Crippen molar-refractivity contribution in [3.8, 4) is 0 Å². The number of nitrogens with one attached hydrogen (secondary N) is 1. The summed E-state index contributed by atoms with van der Waals surface area (Å²) in [7, 11) is 3.61. The topological polar surface area (TPSA) is 45.2 Å². The zero-order valence-electron chi connectivity index (χ0n) is 12.1. The molecule has 0 fully saturated rings. The molecule has 0 bridgehead atoms. The molecule has 1 heterocycles. The molecule has 1 aromatic heterocycles. The minimum absolute atomic E-state index is 0.0139. The molecular formula is C16H19N3O. The lowest BCUT2D eigenvalue weighted by molar-refractivity contribution is 0.0784. The molecule has 0 saturated heterocycles. The van der Waals surface area contributed by atoms with Crippen LogP contribution in [-0.4, -0.2) is 29.9 Å². The average molecular weight is 269 g/mol. The Balaban J connectivity index is 2.18. The van der Waals surface area contributed by atoms with Crippen LogP contribution in [-0.2, 0) is 6.54 Å². The Labute approximate surface area is 119 Å². The predicted molar refractivity (Wildman–Crippen MR) is 80.8 cm³/mol. The van der Waals surface area contributed by atoms with Gasteiger partial charge in [-0.05, 0) is 36.8 Å². The molecule has 104 valence electrons. The summed E-state index contributed by atoms with van der Waals surface area (Å²) < 4.78 is 0. The van der Waals surface area contributed by atoms with Gasteiger partial charge in [0, 0.05) is 26.0 Å². The summed E-state index contributed by atoms with van der Waals surface area (Å²) in [4.78, 5) is 18.4. The Hall–Kier alpha value is -2.36. The maximum absolute atomic E-state index is 12.5. The van der Waals surface area contributed by atoms with Crippen LogP contribution in [0.15, 0.2) is 42.6 Å². The maximum Gasteiger partial charge on any atom is 0.256 e. The number of anilines is 1. The lowest BCUT2D eigenvalue weighted by Crippen LogP contribution is -2.27. The van der Waals surface area contributed by atoms with Gasteiger partial charge in [0.1, 0.15) is 0 Å². The highest BCUT2D eigenvalue weighted by Crippen LogP contribution is 2.19. The van der Waals surface area contributed by atoms with E-state index in [1.807, 2.05) is 50.4 Å². The van der Waals surface area contributed by atoms with Gasteiger partial charge < -0.3 is 10.2 Å². The second-order valence-corrected chi connectivity index (χ2v) is 4.78. The van der Waals surface area contributed by atoms with E-state index in [2.05, 4.69) is 10.3 Å². The number of carbonyl (C=O) groups is 1. The second-order valence-electron chi connectivity index (χ2n) is 4.78. The van der Waals surface area contributed by atoms with Gasteiger partial charge in [-0.1, -0.05) is 12.1 Å². The fraction of sp³-hybridized carbons (Fsp3) is 0.250. The Morgan fingerprint density at radius 1 is 1.30 bits per heavy atom. The predicted octanol–water partition coefficient (Wildman–Crippen LogP) is 2.70. The van der Waals surface area contributed by atoms with Crippen molar-refractivity contribution in [1.29, 1.82) is 0 Å². The van der Waals surface area contributed by atoms with Gasteiger partial charge in [0.15, 0.2) is 0 Å². The first kappa shape index (κ1) is 14.1. The summed E-state index contributed by atoms with van der Waals surface area (Å²) in [6.45, 7) is 2.50. The summed E-state index contributed by atoms with van der Waals surface area (Å²) in [5.41, 5.74) is 3.53. The van der Waals surface area contributed by atoms with Gasteiger partial charge in [0.2, 0.25) is 0 Å². The van der Waals surface area contributed by atoms with Gasteiger partial charge in [-0.25, -0.2) is 0 Å². The highest BCUT2D eigenvalue weighted by Gasteiger charge is 2.15. The maximum atomic E-state index is 12.5. The fourth-order valence-corrected chi connectivity index (χ4v) is 2.06. The Morgan fingerprint density at radius 2 is 2.10 bits per heavy atom. The van der Waals surface area contributed by atoms with Crippen molar-refractivity contribution in [2.75, 3.05) is 19.4 Å². The zero-order valence-corrected chi connectivity index (χ0v) is 12.1. The first-order chi connectivity index (χ1) is 9.61. The third-order valence-corrected chi connectivity index (χ3v) is 3.15. The van der Waals surface area contributed by atoms with Crippen molar-refractivity contribution < 1.29 is 4.79 Å². The number of hydrogen-bond acceptors (Lipinski definition) is 3. The van der Waals surface area contributed by atoms with Crippen molar-refractivity contribution >= 4 is 11.6 Å². The molecule has 4 heteroatoms. The highest BCUT2D eigenvalue weighted by atomic mass is 16.2. The van der Waals surface area contributed by atoms with Crippen LogP contribution in [0.5, 0.6) is 0 Å². The fourth-order valence-electron chi connectivity index (χ4n) is 2.06. The Morgan fingerprint density at radius 3 is 2.75 bits per heavy atom. The normalized spacial score (nSPS) is 10.2. The lowest BCUT2D eigenvalue weighted by Gasteiger charge is -2.19. The third kappa shape index (κ3) is 3.15. The van der Waals surface area contributed by atoms with Crippen molar-refractivity contribution in [2.45, 2.75) is 13.5 Å². The standard InChI is InChI=1S/C16H19N3O/c1-12-7-8-14(15(10-12)17-2)16(20)19(3)11-13-6-4-5-9-18-13/h4-10,17H,11H2,1-3H3. The van der Waals surface area contributed by atoms with E-state index >= 15 is 0 Å². The van der Waals surface area contributed by atoms with E-state index < -0.39 is 0 Å². The molecule has 1 N–H and O–H groups in total. The second kappa shape index (κ2) is 6.19. The van der Waals surface area contributed by atoms with Gasteiger partial charge >= 0.3 is 0 Å². The van der Waals surface area contributed by atoms with Crippen molar-refractivity contribution in [2.24, 2.45) is 0 Å². The monoisotopic (exact) mass is 269 g/mol. The molecule has 0 spiro atoms.